The Hall–Kier alpha value is -3.78. The van der Waals surface area contributed by atoms with Gasteiger partial charge in [-0.05, 0) is 43.3 Å². The maximum absolute atomic E-state index is 12.9. The van der Waals surface area contributed by atoms with Crippen LogP contribution in [0.3, 0.4) is 0 Å². The SMILES string of the molecule is Cc1c(NC(=O)c2cccc(-c3ccncc3)n2)ccc2nc(N3CCOCC3)oc12. The molecule has 4 heterocycles. The monoisotopic (exact) mass is 415 g/mol. The number of oxazole rings is 1. The van der Waals surface area contributed by atoms with Crippen molar-refractivity contribution in [2.75, 3.05) is 36.5 Å². The highest BCUT2D eigenvalue weighted by Crippen LogP contribution is 2.30. The summed E-state index contributed by atoms with van der Waals surface area (Å²) in [5.74, 6) is -0.286. The summed E-state index contributed by atoms with van der Waals surface area (Å²) >= 11 is 0. The first-order chi connectivity index (χ1) is 15.2. The third-order valence-corrected chi connectivity index (χ3v) is 5.28. The first-order valence-electron chi connectivity index (χ1n) is 10.1. The van der Waals surface area contributed by atoms with E-state index in [1.165, 1.54) is 0 Å². The zero-order valence-electron chi connectivity index (χ0n) is 17.0. The quantitative estimate of drug-likeness (QED) is 0.543. The fraction of sp³-hybridized carbons (Fsp3) is 0.217. The van der Waals surface area contributed by atoms with Crippen LogP contribution in [-0.2, 0) is 4.74 Å². The van der Waals surface area contributed by atoms with E-state index in [-0.39, 0.29) is 5.91 Å². The second-order valence-electron chi connectivity index (χ2n) is 7.28. The molecule has 3 aromatic heterocycles. The zero-order valence-corrected chi connectivity index (χ0v) is 17.0. The van der Waals surface area contributed by atoms with E-state index in [4.69, 9.17) is 9.15 Å². The number of hydrogen-bond acceptors (Lipinski definition) is 7. The molecule has 0 unspecified atom stereocenters. The number of ether oxygens (including phenoxy) is 1. The third kappa shape index (κ3) is 3.85. The number of carbonyl (C=O) groups excluding carboxylic acids is 1. The number of morpholine rings is 1. The van der Waals surface area contributed by atoms with Crippen molar-refractivity contribution in [1.82, 2.24) is 15.0 Å². The lowest BCUT2D eigenvalue weighted by Gasteiger charge is -2.24. The van der Waals surface area contributed by atoms with Gasteiger partial charge in [0.1, 0.15) is 11.2 Å². The summed E-state index contributed by atoms with van der Waals surface area (Å²) in [7, 11) is 0. The predicted octanol–water partition coefficient (Wildman–Crippen LogP) is 3.68. The number of anilines is 2. The summed E-state index contributed by atoms with van der Waals surface area (Å²) in [6.07, 6.45) is 3.40. The van der Waals surface area contributed by atoms with Gasteiger partial charge in [0, 0.05) is 42.3 Å². The second kappa shape index (κ2) is 8.16. The van der Waals surface area contributed by atoms with Gasteiger partial charge in [0.15, 0.2) is 5.58 Å². The van der Waals surface area contributed by atoms with Crippen LogP contribution < -0.4 is 10.2 Å². The van der Waals surface area contributed by atoms with E-state index >= 15 is 0 Å². The molecule has 1 fully saturated rings. The van der Waals surface area contributed by atoms with Gasteiger partial charge in [0.25, 0.3) is 11.9 Å². The normalized spacial score (nSPS) is 14.0. The molecule has 31 heavy (non-hydrogen) atoms. The van der Waals surface area contributed by atoms with Gasteiger partial charge in [0.2, 0.25) is 0 Å². The smallest absolute Gasteiger partial charge is 0.298 e. The molecular weight excluding hydrogens is 394 g/mol. The van der Waals surface area contributed by atoms with Crippen molar-refractivity contribution in [2.45, 2.75) is 6.92 Å². The highest BCUT2D eigenvalue weighted by molar-refractivity contribution is 6.04. The van der Waals surface area contributed by atoms with Gasteiger partial charge in [-0.1, -0.05) is 6.07 Å². The highest BCUT2D eigenvalue weighted by atomic mass is 16.5. The molecule has 0 aliphatic carbocycles. The minimum atomic E-state index is -0.286. The molecule has 0 spiro atoms. The Morgan fingerprint density at radius 2 is 1.84 bits per heavy atom. The van der Waals surface area contributed by atoms with E-state index in [1.54, 1.807) is 18.5 Å². The van der Waals surface area contributed by atoms with Crippen LogP contribution in [0.15, 0.2) is 59.3 Å². The van der Waals surface area contributed by atoms with E-state index in [9.17, 15) is 4.79 Å². The van der Waals surface area contributed by atoms with Gasteiger partial charge < -0.3 is 19.4 Å². The summed E-state index contributed by atoms with van der Waals surface area (Å²) < 4.78 is 11.4. The van der Waals surface area contributed by atoms with Crippen molar-refractivity contribution in [3.8, 4) is 11.3 Å². The number of benzene rings is 1. The summed E-state index contributed by atoms with van der Waals surface area (Å²) in [6, 6.07) is 13.4. The fourth-order valence-electron chi connectivity index (χ4n) is 3.57. The molecule has 1 aromatic carbocycles. The number of carbonyl (C=O) groups is 1. The first-order valence-corrected chi connectivity index (χ1v) is 10.1. The molecular formula is C23H21N5O3. The van der Waals surface area contributed by atoms with Crippen LogP contribution in [-0.4, -0.2) is 47.2 Å². The number of aryl methyl sites for hydroxylation is 1. The number of rotatable bonds is 4. The van der Waals surface area contributed by atoms with Crippen molar-refractivity contribution in [3.63, 3.8) is 0 Å². The van der Waals surface area contributed by atoms with Crippen LogP contribution in [0.2, 0.25) is 0 Å². The molecule has 0 saturated carbocycles. The van der Waals surface area contributed by atoms with E-state index in [2.05, 4.69) is 25.2 Å². The first kappa shape index (κ1) is 19.2. The molecule has 0 atom stereocenters. The van der Waals surface area contributed by atoms with Crippen molar-refractivity contribution >= 4 is 28.7 Å². The minimum Gasteiger partial charge on any atom is -0.423 e. The summed E-state index contributed by atoms with van der Waals surface area (Å²) in [4.78, 5) is 28.1. The van der Waals surface area contributed by atoms with Gasteiger partial charge >= 0.3 is 0 Å². The summed E-state index contributed by atoms with van der Waals surface area (Å²) in [6.45, 7) is 4.71. The lowest BCUT2D eigenvalue weighted by atomic mass is 10.1. The van der Waals surface area contributed by atoms with Crippen LogP contribution in [0.5, 0.6) is 0 Å². The molecule has 0 radical (unpaired) electrons. The molecule has 1 aliphatic rings. The number of hydrogen-bond donors (Lipinski definition) is 1. The second-order valence-corrected chi connectivity index (χ2v) is 7.28. The van der Waals surface area contributed by atoms with E-state index < -0.39 is 0 Å². The van der Waals surface area contributed by atoms with Crippen LogP contribution >= 0.6 is 0 Å². The fourth-order valence-corrected chi connectivity index (χ4v) is 3.57. The van der Waals surface area contributed by atoms with Gasteiger partial charge in [-0.15, -0.1) is 0 Å². The van der Waals surface area contributed by atoms with Crippen molar-refractivity contribution in [3.05, 3.63) is 66.1 Å². The average Bonchev–Trinajstić information content (AvgIpc) is 3.27. The van der Waals surface area contributed by atoms with Crippen molar-refractivity contribution < 1.29 is 13.9 Å². The van der Waals surface area contributed by atoms with E-state index in [1.807, 2.05) is 43.3 Å². The maximum atomic E-state index is 12.9. The Morgan fingerprint density at radius 3 is 2.65 bits per heavy atom. The van der Waals surface area contributed by atoms with Gasteiger partial charge in [0.05, 0.1) is 18.9 Å². The molecule has 156 valence electrons. The van der Waals surface area contributed by atoms with Crippen LogP contribution in [0.25, 0.3) is 22.4 Å². The third-order valence-electron chi connectivity index (χ3n) is 5.28. The molecule has 8 nitrogen and oxygen atoms in total. The maximum Gasteiger partial charge on any atom is 0.298 e. The standard InChI is InChI=1S/C23H21N5O3/c1-15-17(5-6-19-21(15)31-23(27-19)28-11-13-30-14-12-28)26-22(29)20-4-2-3-18(25-20)16-7-9-24-10-8-16/h2-10H,11-14H2,1H3,(H,26,29). The zero-order chi connectivity index (χ0) is 21.2. The molecule has 4 aromatic rings. The number of aromatic nitrogens is 3. The topological polar surface area (TPSA) is 93.4 Å². The average molecular weight is 415 g/mol. The van der Waals surface area contributed by atoms with E-state index in [0.29, 0.717) is 41.9 Å². The van der Waals surface area contributed by atoms with Crippen molar-refractivity contribution in [2.24, 2.45) is 0 Å². The highest BCUT2D eigenvalue weighted by Gasteiger charge is 2.19. The van der Waals surface area contributed by atoms with Gasteiger partial charge in [-0.3, -0.25) is 9.78 Å². The van der Waals surface area contributed by atoms with Crippen LogP contribution in [0, 0.1) is 6.92 Å². The summed E-state index contributed by atoms with van der Waals surface area (Å²) in [5, 5.41) is 2.95. The molecule has 5 rings (SSSR count). The van der Waals surface area contributed by atoms with Crippen molar-refractivity contribution in [1.29, 1.82) is 0 Å². The molecule has 0 bridgehead atoms. The Morgan fingerprint density at radius 1 is 1.03 bits per heavy atom. The van der Waals surface area contributed by atoms with E-state index in [0.717, 1.165) is 29.7 Å². The lowest BCUT2D eigenvalue weighted by molar-refractivity contribution is 0.102. The minimum absolute atomic E-state index is 0.286. The largest absolute Gasteiger partial charge is 0.423 e. The number of fused-ring (bicyclic) bond motifs is 1. The number of amides is 1. The predicted molar refractivity (Wildman–Crippen MR) is 117 cm³/mol. The number of nitrogens with one attached hydrogen (secondary N) is 1. The van der Waals surface area contributed by atoms with Gasteiger partial charge in [-0.2, -0.15) is 4.98 Å². The summed E-state index contributed by atoms with van der Waals surface area (Å²) in [5.41, 5.74) is 4.86. The molecule has 1 amide bonds. The lowest BCUT2D eigenvalue weighted by Crippen LogP contribution is -2.36. The Kier molecular flexibility index (Phi) is 5.05. The Labute approximate surface area is 178 Å². The number of nitrogens with zero attached hydrogens (tertiary/aromatic N) is 4. The van der Waals surface area contributed by atoms with Crippen LogP contribution in [0.4, 0.5) is 11.7 Å². The number of pyridine rings is 2. The molecule has 1 aliphatic heterocycles. The molecule has 1 saturated heterocycles. The van der Waals surface area contributed by atoms with Gasteiger partial charge in [-0.25, -0.2) is 4.98 Å². The van der Waals surface area contributed by atoms with Crippen LogP contribution in [0.1, 0.15) is 16.1 Å². The molecule has 8 heteroatoms. The Bertz CT molecular complexity index is 1230. The Balaban J connectivity index is 1.40. The molecule has 1 N–H and O–H groups in total.